The van der Waals surface area contributed by atoms with Crippen molar-refractivity contribution in [1.29, 1.82) is 0 Å². The Kier molecular flexibility index (Phi) is 11.7. The lowest BCUT2D eigenvalue weighted by atomic mass is 9.98. The van der Waals surface area contributed by atoms with E-state index >= 15 is 0 Å². The number of halogens is 1. The van der Waals surface area contributed by atoms with Gasteiger partial charge in [0.15, 0.2) is 5.78 Å². The Morgan fingerprint density at radius 3 is 2.13 bits per heavy atom. The van der Waals surface area contributed by atoms with Gasteiger partial charge in [0.2, 0.25) is 0 Å². The number of carbonyl (C=O) groups is 1. The molecule has 0 aliphatic heterocycles. The van der Waals surface area contributed by atoms with Crippen molar-refractivity contribution in [2.75, 3.05) is 26.2 Å². The number of benzene rings is 2. The minimum absolute atomic E-state index is 0.0599. The van der Waals surface area contributed by atoms with Gasteiger partial charge in [0, 0.05) is 34.6 Å². The molecule has 0 saturated heterocycles. The number of hydrogen-bond acceptors (Lipinski definition) is 6. The molecule has 0 amide bonds. The quantitative estimate of drug-likeness (QED) is 0.0959. The second kappa shape index (κ2) is 14.7. The smallest absolute Gasteiger partial charge is 0.261 e. The highest BCUT2D eigenvalue weighted by Crippen LogP contribution is 2.32. The van der Waals surface area contributed by atoms with Gasteiger partial charge in [0.05, 0.1) is 17.1 Å². The maximum atomic E-state index is 13.6. The van der Waals surface area contributed by atoms with Gasteiger partial charge in [-0.3, -0.25) is 4.79 Å². The predicted molar refractivity (Wildman–Crippen MR) is 154 cm³/mol. The average molecular weight is 562 g/mol. The summed E-state index contributed by atoms with van der Waals surface area (Å²) in [6, 6.07) is 11.5. The third-order valence-electron chi connectivity index (χ3n) is 6.66. The highest BCUT2D eigenvalue weighted by molar-refractivity contribution is 8.13. The zero-order chi connectivity index (χ0) is 27.5. The molecule has 0 saturated carbocycles. The molecule has 0 fully saturated rings. The molecule has 208 valence electrons. The first-order valence-electron chi connectivity index (χ1n) is 13.8. The molecule has 1 aromatic heterocycles. The fourth-order valence-corrected chi connectivity index (χ4v) is 5.24. The molecule has 2 aromatic carbocycles. The maximum Gasteiger partial charge on any atom is 0.261 e. The monoisotopic (exact) mass is 561 g/mol. The van der Waals surface area contributed by atoms with Crippen molar-refractivity contribution in [1.82, 2.24) is 4.90 Å². The Bertz CT molecular complexity index is 1280. The lowest BCUT2D eigenvalue weighted by Crippen LogP contribution is -2.28. The van der Waals surface area contributed by atoms with Gasteiger partial charge in [-0.2, -0.15) is 0 Å². The van der Waals surface area contributed by atoms with Crippen molar-refractivity contribution in [3.05, 3.63) is 59.4 Å². The van der Waals surface area contributed by atoms with E-state index in [1.807, 2.05) is 12.1 Å². The fourth-order valence-electron chi connectivity index (χ4n) is 4.47. The molecule has 3 aromatic rings. The van der Waals surface area contributed by atoms with E-state index in [4.69, 9.17) is 19.8 Å². The van der Waals surface area contributed by atoms with Gasteiger partial charge >= 0.3 is 0 Å². The Morgan fingerprint density at radius 2 is 1.53 bits per heavy atom. The summed E-state index contributed by atoms with van der Waals surface area (Å²) < 4.78 is 35.8. The molecule has 3 rings (SSSR count). The minimum Gasteiger partial charge on any atom is -0.494 e. The molecule has 0 bridgehead atoms. The van der Waals surface area contributed by atoms with Crippen LogP contribution in [-0.2, 0) is 15.5 Å². The summed E-state index contributed by atoms with van der Waals surface area (Å²) in [5, 5.41) is 0.457. The molecule has 0 aliphatic carbocycles. The second-order valence-corrected chi connectivity index (χ2v) is 12.3. The lowest BCUT2D eigenvalue weighted by molar-refractivity contribution is 0.103. The third-order valence-corrected chi connectivity index (χ3v) is 8.01. The standard InChI is InChI=1S/C30H40ClNO5S/c1-4-7-11-28-29(26-22-25(38(31,34)35)16-17-27(26)37-28)30(33)23-12-14-24(15-13-23)36-21-10-20-32(18-8-5-2)19-9-6-3/h12-17,22H,4-11,18-21H2,1-3H3. The summed E-state index contributed by atoms with van der Waals surface area (Å²) >= 11 is 0. The van der Waals surface area contributed by atoms with Crippen molar-refractivity contribution < 1.29 is 22.4 Å². The fraction of sp³-hybridized carbons (Fsp3) is 0.500. The molecule has 1 heterocycles. The molecule has 0 radical (unpaired) electrons. The highest BCUT2D eigenvalue weighted by atomic mass is 35.7. The van der Waals surface area contributed by atoms with Crippen LogP contribution in [0.1, 0.15) is 87.4 Å². The van der Waals surface area contributed by atoms with E-state index in [0.29, 0.717) is 46.6 Å². The van der Waals surface area contributed by atoms with E-state index in [0.717, 1.165) is 38.9 Å². The Hall–Kier alpha value is -2.35. The van der Waals surface area contributed by atoms with Gasteiger partial charge in [0.25, 0.3) is 9.05 Å². The summed E-state index contributed by atoms with van der Waals surface area (Å²) in [7, 11) is 1.63. The predicted octanol–water partition coefficient (Wildman–Crippen LogP) is 7.61. The zero-order valence-electron chi connectivity index (χ0n) is 22.8. The molecule has 6 nitrogen and oxygen atoms in total. The SMILES string of the molecule is CCCCc1oc2ccc(S(=O)(=O)Cl)cc2c1C(=O)c1ccc(OCCCN(CCCC)CCCC)cc1. The number of fused-ring (bicyclic) bond motifs is 1. The van der Waals surface area contributed by atoms with Crippen LogP contribution in [0.4, 0.5) is 0 Å². The molecule has 0 unspecified atom stereocenters. The topological polar surface area (TPSA) is 76.8 Å². The van der Waals surface area contributed by atoms with Crippen LogP contribution < -0.4 is 4.74 Å². The number of furan rings is 1. The molecule has 0 aliphatic rings. The van der Waals surface area contributed by atoms with Crippen LogP contribution in [0, 0.1) is 0 Å². The van der Waals surface area contributed by atoms with Crippen LogP contribution in [0.5, 0.6) is 5.75 Å². The van der Waals surface area contributed by atoms with Crippen molar-refractivity contribution >= 4 is 36.5 Å². The van der Waals surface area contributed by atoms with Crippen LogP contribution in [-0.4, -0.2) is 45.3 Å². The number of ether oxygens (including phenoxy) is 1. The molecule has 8 heteroatoms. The van der Waals surface area contributed by atoms with Gasteiger partial charge < -0.3 is 14.1 Å². The Balaban J connectivity index is 1.72. The van der Waals surface area contributed by atoms with Crippen molar-refractivity contribution in [3.63, 3.8) is 0 Å². The summed E-state index contributed by atoms with van der Waals surface area (Å²) in [4.78, 5) is 16.1. The van der Waals surface area contributed by atoms with E-state index in [1.54, 1.807) is 18.2 Å². The van der Waals surface area contributed by atoms with E-state index < -0.39 is 9.05 Å². The molecule has 0 spiro atoms. The number of unbranched alkanes of at least 4 members (excludes halogenated alkanes) is 3. The summed E-state index contributed by atoms with van der Waals surface area (Å²) in [5.74, 6) is 1.06. The van der Waals surface area contributed by atoms with Crippen molar-refractivity contribution in [2.24, 2.45) is 0 Å². The minimum atomic E-state index is -3.94. The first kappa shape index (κ1) is 30.2. The van der Waals surface area contributed by atoms with E-state index in [9.17, 15) is 13.2 Å². The number of aryl methyl sites for hydroxylation is 1. The van der Waals surface area contributed by atoms with E-state index in [2.05, 4.69) is 25.7 Å². The number of hydrogen-bond donors (Lipinski definition) is 0. The summed E-state index contributed by atoms with van der Waals surface area (Å²) in [6.45, 7) is 10.4. The number of carbonyl (C=O) groups excluding carboxylic acids is 1. The Morgan fingerprint density at radius 1 is 0.895 bits per heavy atom. The van der Waals surface area contributed by atoms with Gasteiger partial charge in [-0.05, 0) is 81.2 Å². The van der Waals surface area contributed by atoms with Gasteiger partial charge in [0.1, 0.15) is 17.1 Å². The van der Waals surface area contributed by atoms with Gasteiger partial charge in [-0.15, -0.1) is 0 Å². The molecular weight excluding hydrogens is 522 g/mol. The van der Waals surface area contributed by atoms with Crippen molar-refractivity contribution in [2.45, 2.75) is 77.0 Å². The lowest BCUT2D eigenvalue weighted by Gasteiger charge is -2.21. The zero-order valence-corrected chi connectivity index (χ0v) is 24.4. The summed E-state index contributed by atoms with van der Waals surface area (Å²) in [5.41, 5.74) is 1.35. The highest BCUT2D eigenvalue weighted by Gasteiger charge is 2.24. The first-order chi connectivity index (χ1) is 18.3. The van der Waals surface area contributed by atoms with Gasteiger partial charge in [-0.1, -0.05) is 40.0 Å². The van der Waals surface area contributed by atoms with Crippen LogP contribution in [0.25, 0.3) is 11.0 Å². The third kappa shape index (κ3) is 8.32. The molecule has 0 N–H and O–H groups in total. The maximum absolute atomic E-state index is 13.6. The second-order valence-electron chi connectivity index (χ2n) is 9.70. The van der Waals surface area contributed by atoms with Gasteiger partial charge in [-0.25, -0.2) is 8.42 Å². The largest absolute Gasteiger partial charge is 0.494 e. The summed E-state index contributed by atoms with van der Waals surface area (Å²) in [6.07, 6.45) is 8.16. The Labute approximate surface area is 231 Å². The number of nitrogens with zero attached hydrogens (tertiary/aromatic N) is 1. The molecular formula is C30H40ClNO5S. The number of ketones is 1. The average Bonchev–Trinajstić information content (AvgIpc) is 3.28. The van der Waals surface area contributed by atoms with E-state index in [-0.39, 0.29) is 10.7 Å². The van der Waals surface area contributed by atoms with E-state index in [1.165, 1.54) is 37.8 Å². The van der Waals surface area contributed by atoms with Crippen LogP contribution in [0.3, 0.4) is 0 Å². The molecule has 0 atom stereocenters. The number of rotatable bonds is 17. The van der Waals surface area contributed by atoms with Crippen molar-refractivity contribution in [3.8, 4) is 5.75 Å². The normalized spacial score (nSPS) is 11.9. The van der Waals surface area contributed by atoms with Crippen LogP contribution in [0.15, 0.2) is 51.8 Å². The molecule has 38 heavy (non-hydrogen) atoms. The van der Waals surface area contributed by atoms with Crippen LogP contribution >= 0.6 is 10.7 Å². The first-order valence-corrected chi connectivity index (χ1v) is 16.1. The van der Waals surface area contributed by atoms with Crippen LogP contribution in [0.2, 0.25) is 0 Å².